The van der Waals surface area contributed by atoms with Crippen LogP contribution in [0.15, 0.2) is 0 Å². The molecule has 0 aromatic carbocycles. The third-order valence-corrected chi connectivity index (χ3v) is 3.10. The Bertz CT molecular complexity index is 251. The van der Waals surface area contributed by atoms with Crippen molar-refractivity contribution in [3.05, 3.63) is 0 Å². The smallest absolute Gasteiger partial charge is 0.321 e. The maximum absolute atomic E-state index is 11.5. The molecular weight excluding hydrogens is 170 g/mol. The summed E-state index contributed by atoms with van der Waals surface area (Å²) in [5.74, 6) is -0.745. The molecule has 1 aliphatic carbocycles. The number of rotatable bonds is 1. The summed E-state index contributed by atoms with van der Waals surface area (Å²) in [5.41, 5.74) is 0. The summed E-state index contributed by atoms with van der Waals surface area (Å²) in [4.78, 5) is 22.3. The summed E-state index contributed by atoms with van der Waals surface area (Å²) < 4.78 is 0. The van der Waals surface area contributed by atoms with Gasteiger partial charge in [-0.25, -0.2) is 0 Å². The van der Waals surface area contributed by atoms with Gasteiger partial charge in [-0.3, -0.25) is 9.59 Å². The van der Waals surface area contributed by atoms with E-state index in [1.54, 1.807) is 0 Å². The molecule has 3 atom stereocenters. The topological polar surface area (TPSA) is 66.4 Å². The summed E-state index contributed by atoms with van der Waals surface area (Å²) in [6.07, 6.45) is 2.48. The highest BCUT2D eigenvalue weighted by molar-refractivity contribution is 5.89. The Morgan fingerprint density at radius 2 is 2.31 bits per heavy atom. The molecule has 0 unspecified atom stereocenters. The van der Waals surface area contributed by atoms with Crippen LogP contribution in [0.1, 0.15) is 19.3 Å². The summed E-state index contributed by atoms with van der Waals surface area (Å²) in [7, 11) is 0. The first kappa shape index (κ1) is 8.69. The van der Waals surface area contributed by atoms with E-state index in [1.165, 1.54) is 0 Å². The number of aliphatic carboxylic acids is 1. The van der Waals surface area contributed by atoms with E-state index in [9.17, 15) is 9.59 Å². The first-order valence-electron chi connectivity index (χ1n) is 4.69. The molecule has 0 amide bonds. The lowest BCUT2D eigenvalue weighted by atomic mass is 9.77. The van der Waals surface area contributed by atoms with E-state index in [0.29, 0.717) is 13.0 Å². The molecule has 0 aromatic heterocycles. The number of nitrogens with one attached hydrogen (secondary N) is 1. The number of Topliss-reactive ketones (excluding diaryl/α,β-unsaturated/α-hetero) is 1. The molecule has 1 aliphatic heterocycles. The predicted molar refractivity (Wildman–Crippen MR) is 45.3 cm³/mol. The van der Waals surface area contributed by atoms with Gasteiger partial charge in [-0.2, -0.15) is 0 Å². The van der Waals surface area contributed by atoms with Crippen LogP contribution in [0, 0.1) is 11.8 Å². The van der Waals surface area contributed by atoms with E-state index >= 15 is 0 Å². The van der Waals surface area contributed by atoms with Crippen LogP contribution in [0.3, 0.4) is 0 Å². The molecule has 2 rings (SSSR count). The molecule has 4 heteroatoms. The Morgan fingerprint density at radius 1 is 1.54 bits per heavy atom. The summed E-state index contributed by atoms with van der Waals surface area (Å²) in [5, 5.41) is 11.8. The molecule has 4 nitrogen and oxygen atoms in total. The molecular formula is C9H13NO3. The quantitative estimate of drug-likeness (QED) is 0.601. The molecule has 2 aliphatic rings. The van der Waals surface area contributed by atoms with Crippen LogP contribution in [0.2, 0.25) is 0 Å². The molecule has 13 heavy (non-hydrogen) atoms. The van der Waals surface area contributed by atoms with Gasteiger partial charge in [0.1, 0.15) is 11.8 Å². The van der Waals surface area contributed by atoms with E-state index in [2.05, 4.69) is 5.32 Å². The zero-order valence-electron chi connectivity index (χ0n) is 7.32. The molecule has 2 fully saturated rings. The minimum absolute atomic E-state index is 0.133. The monoisotopic (exact) mass is 183 g/mol. The molecule has 0 spiro atoms. The maximum Gasteiger partial charge on any atom is 0.321 e. The fraction of sp³-hybridized carbons (Fsp3) is 0.778. The number of carboxylic acids is 1. The van der Waals surface area contributed by atoms with E-state index in [0.717, 1.165) is 12.8 Å². The van der Waals surface area contributed by atoms with Gasteiger partial charge in [0.25, 0.3) is 0 Å². The number of fused-ring (bicyclic) bond motifs is 1. The van der Waals surface area contributed by atoms with Gasteiger partial charge in [0.05, 0.1) is 0 Å². The average Bonchev–Trinajstić information content (AvgIpc) is 2.49. The third-order valence-electron chi connectivity index (χ3n) is 3.10. The minimum Gasteiger partial charge on any atom is -0.480 e. The normalized spacial score (nSPS) is 38.8. The number of hydrogen-bond donors (Lipinski definition) is 2. The molecule has 72 valence electrons. The number of hydrogen-bond acceptors (Lipinski definition) is 3. The Balaban J connectivity index is 2.18. The maximum atomic E-state index is 11.5. The van der Waals surface area contributed by atoms with Crippen molar-refractivity contribution < 1.29 is 14.7 Å². The van der Waals surface area contributed by atoms with E-state index in [-0.39, 0.29) is 17.6 Å². The lowest BCUT2D eigenvalue weighted by Gasteiger charge is -2.24. The van der Waals surface area contributed by atoms with Gasteiger partial charge >= 0.3 is 5.97 Å². The van der Waals surface area contributed by atoms with Crippen LogP contribution in [-0.2, 0) is 9.59 Å². The van der Waals surface area contributed by atoms with Crippen LogP contribution in [0.4, 0.5) is 0 Å². The van der Waals surface area contributed by atoms with Crippen molar-refractivity contribution in [3.8, 4) is 0 Å². The van der Waals surface area contributed by atoms with Gasteiger partial charge in [-0.15, -0.1) is 0 Å². The van der Waals surface area contributed by atoms with E-state index in [4.69, 9.17) is 5.11 Å². The minimum atomic E-state index is -0.886. The van der Waals surface area contributed by atoms with Gasteiger partial charge in [0.2, 0.25) is 0 Å². The van der Waals surface area contributed by atoms with Gasteiger partial charge in [0, 0.05) is 12.3 Å². The third kappa shape index (κ3) is 1.35. The first-order valence-corrected chi connectivity index (χ1v) is 4.69. The fourth-order valence-electron chi connectivity index (χ4n) is 2.48. The Morgan fingerprint density at radius 3 is 3.00 bits per heavy atom. The van der Waals surface area contributed by atoms with Gasteiger partial charge in [0.15, 0.2) is 0 Å². The second-order valence-electron chi connectivity index (χ2n) is 3.87. The lowest BCUT2D eigenvalue weighted by molar-refractivity contribution is -0.143. The molecule has 2 N–H and O–H groups in total. The predicted octanol–water partition coefficient (Wildman–Crippen LogP) is 0.0282. The van der Waals surface area contributed by atoms with Gasteiger partial charge in [-0.1, -0.05) is 0 Å². The Kier molecular flexibility index (Phi) is 2.07. The van der Waals surface area contributed by atoms with E-state index < -0.39 is 12.0 Å². The summed E-state index contributed by atoms with van der Waals surface area (Å²) >= 11 is 0. The number of carboxylic acid groups (broad SMARTS) is 1. The SMILES string of the molecule is O=C1CCC[C@@H]2CN[C@@H](C(=O)O)[C@H]12. The zero-order chi connectivity index (χ0) is 9.42. The van der Waals surface area contributed by atoms with Crippen molar-refractivity contribution in [2.24, 2.45) is 11.8 Å². The molecule has 0 radical (unpaired) electrons. The van der Waals surface area contributed by atoms with Crippen molar-refractivity contribution in [1.29, 1.82) is 0 Å². The summed E-state index contributed by atoms with van der Waals surface area (Å²) in [6, 6.07) is -0.627. The largest absolute Gasteiger partial charge is 0.480 e. The average molecular weight is 183 g/mol. The Labute approximate surface area is 76.3 Å². The van der Waals surface area contributed by atoms with E-state index in [1.807, 2.05) is 0 Å². The Hall–Kier alpha value is -0.900. The molecule has 1 saturated carbocycles. The van der Waals surface area contributed by atoms with Crippen molar-refractivity contribution in [1.82, 2.24) is 5.32 Å². The van der Waals surface area contributed by atoms with Gasteiger partial charge in [-0.05, 0) is 25.3 Å². The molecule has 1 saturated heterocycles. The van der Waals surface area contributed by atoms with Crippen molar-refractivity contribution in [2.45, 2.75) is 25.3 Å². The zero-order valence-corrected chi connectivity index (χ0v) is 7.32. The fourth-order valence-corrected chi connectivity index (χ4v) is 2.48. The van der Waals surface area contributed by atoms with Crippen molar-refractivity contribution in [3.63, 3.8) is 0 Å². The first-order chi connectivity index (χ1) is 6.20. The lowest BCUT2D eigenvalue weighted by Crippen LogP contribution is -2.40. The van der Waals surface area contributed by atoms with Crippen LogP contribution < -0.4 is 5.32 Å². The van der Waals surface area contributed by atoms with Crippen molar-refractivity contribution >= 4 is 11.8 Å². The highest BCUT2D eigenvalue weighted by Gasteiger charge is 2.45. The summed E-state index contributed by atoms with van der Waals surface area (Å²) in [6.45, 7) is 0.688. The molecule has 0 bridgehead atoms. The van der Waals surface area contributed by atoms with Crippen molar-refractivity contribution in [2.75, 3.05) is 6.54 Å². The molecule has 0 aromatic rings. The second kappa shape index (κ2) is 3.10. The van der Waals surface area contributed by atoms with Crippen LogP contribution in [0.25, 0.3) is 0 Å². The van der Waals surface area contributed by atoms with Gasteiger partial charge < -0.3 is 10.4 Å². The van der Waals surface area contributed by atoms with Crippen LogP contribution >= 0.6 is 0 Å². The highest BCUT2D eigenvalue weighted by Crippen LogP contribution is 2.33. The number of ketones is 1. The standard InChI is InChI=1S/C9H13NO3/c11-6-3-1-2-5-4-10-8(7(5)6)9(12)13/h5,7-8,10H,1-4H2,(H,12,13)/t5-,7+,8-/m1/s1. The second-order valence-corrected chi connectivity index (χ2v) is 3.87. The highest BCUT2D eigenvalue weighted by atomic mass is 16.4. The number of carbonyl (C=O) groups is 2. The molecule has 1 heterocycles. The van der Waals surface area contributed by atoms with Crippen LogP contribution in [-0.4, -0.2) is 29.4 Å². The number of carbonyl (C=O) groups excluding carboxylic acids is 1. The van der Waals surface area contributed by atoms with Crippen LogP contribution in [0.5, 0.6) is 0 Å².